The number of hydrogen-bond donors (Lipinski definition) is 1. The van der Waals surface area contributed by atoms with Crippen LogP contribution in [0.15, 0.2) is 18.2 Å². The molecule has 0 aliphatic carbocycles. The van der Waals surface area contributed by atoms with Crippen LogP contribution in [0.3, 0.4) is 0 Å². The van der Waals surface area contributed by atoms with Crippen molar-refractivity contribution in [3.8, 4) is 5.75 Å². The molecule has 96 valence electrons. The van der Waals surface area contributed by atoms with Gasteiger partial charge in [0, 0.05) is 7.05 Å². The molecule has 0 aliphatic rings. The molecule has 0 radical (unpaired) electrons. The van der Waals surface area contributed by atoms with Gasteiger partial charge in [-0.1, -0.05) is 13.0 Å². The maximum Gasteiger partial charge on any atom is 0.170 e. The molecule has 5 nitrogen and oxygen atoms in total. The predicted octanol–water partition coefficient (Wildman–Crippen LogP) is 1.85. The largest absolute Gasteiger partial charge is 0.483 e. The van der Waals surface area contributed by atoms with Crippen molar-refractivity contribution in [2.24, 2.45) is 7.05 Å². The van der Waals surface area contributed by atoms with E-state index in [0.717, 1.165) is 18.1 Å². The van der Waals surface area contributed by atoms with Crippen molar-refractivity contribution in [2.75, 3.05) is 5.73 Å². The van der Waals surface area contributed by atoms with Gasteiger partial charge in [-0.05, 0) is 31.0 Å². The third-order valence-electron chi connectivity index (χ3n) is 3.02. The molecule has 0 saturated carbocycles. The van der Waals surface area contributed by atoms with Crippen LogP contribution in [0.25, 0.3) is 0 Å². The fourth-order valence-corrected chi connectivity index (χ4v) is 1.67. The number of aryl methyl sites for hydroxylation is 2. The van der Waals surface area contributed by atoms with Gasteiger partial charge in [-0.2, -0.15) is 0 Å². The highest BCUT2D eigenvalue weighted by molar-refractivity contribution is 5.54. The molecular formula is C13H18N4O. The van der Waals surface area contributed by atoms with Crippen LogP contribution < -0.4 is 10.5 Å². The van der Waals surface area contributed by atoms with Crippen molar-refractivity contribution in [2.45, 2.75) is 26.9 Å². The van der Waals surface area contributed by atoms with E-state index in [2.05, 4.69) is 17.1 Å². The molecule has 1 aromatic carbocycles. The van der Waals surface area contributed by atoms with Crippen LogP contribution in [0.5, 0.6) is 5.75 Å². The lowest BCUT2D eigenvalue weighted by Crippen LogP contribution is -2.05. The molecule has 0 fully saturated rings. The van der Waals surface area contributed by atoms with E-state index >= 15 is 0 Å². The van der Waals surface area contributed by atoms with Crippen LogP contribution in [0, 0.1) is 6.92 Å². The molecular weight excluding hydrogens is 228 g/mol. The van der Waals surface area contributed by atoms with E-state index in [4.69, 9.17) is 10.5 Å². The van der Waals surface area contributed by atoms with E-state index in [1.165, 1.54) is 5.56 Å². The summed E-state index contributed by atoms with van der Waals surface area (Å²) in [7, 11) is 1.91. The number of nitrogens with two attached hydrogens (primary N) is 1. The lowest BCUT2D eigenvalue weighted by Gasteiger charge is -2.09. The monoisotopic (exact) mass is 246 g/mol. The summed E-state index contributed by atoms with van der Waals surface area (Å²) in [4.78, 5) is 0. The van der Waals surface area contributed by atoms with Crippen LogP contribution in [-0.4, -0.2) is 14.8 Å². The highest BCUT2D eigenvalue weighted by Crippen LogP contribution is 2.23. The second kappa shape index (κ2) is 5.08. The van der Waals surface area contributed by atoms with Gasteiger partial charge in [0.25, 0.3) is 0 Å². The van der Waals surface area contributed by atoms with Gasteiger partial charge in [0.1, 0.15) is 18.2 Å². The van der Waals surface area contributed by atoms with Gasteiger partial charge in [-0.15, -0.1) is 10.2 Å². The van der Waals surface area contributed by atoms with Crippen molar-refractivity contribution >= 4 is 5.69 Å². The molecule has 1 aromatic heterocycles. The molecule has 5 heteroatoms. The van der Waals surface area contributed by atoms with E-state index < -0.39 is 0 Å². The average Bonchev–Trinajstić information content (AvgIpc) is 2.68. The molecule has 0 bridgehead atoms. The SMILES string of the molecule is CCc1ccc(OCc2nnc(C)n2C)c(N)c1. The fraction of sp³-hybridized carbons (Fsp3) is 0.385. The quantitative estimate of drug-likeness (QED) is 0.836. The summed E-state index contributed by atoms with van der Waals surface area (Å²) in [6, 6.07) is 5.86. The van der Waals surface area contributed by atoms with Crippen LogP contribution >= 0.6 is 0 Å². The fourth-order valence-electron chi connectivity index (χ4n) is 1.67. The standard InChI is InChI=1S/C13H18N4O/c1-4-10-5-6-12(11(14)7-10)18-8-13-16-15-9(2)17(13)3/h5-7H,4,8,14H2,1-3H3. The zero-order valence-electron chi connectivity index (χ0n) is 11.0. The minimum absolute atomic E-state index is 0.368. The first kappa shape index (κ1) is 12.4. The molecule has 18 heavy (non-hydrogen) atoms. The van der Waals surface area contributed by atoms with Gasteiger partial charge in [0.05, 0.1) is 5.69 Å². The Bertz CT molecular complexity index is 548. The van der Waals surface area contributed by atoms with Crippen molar-refractivity contribution in [1.29, 1.82) is 0 Å². The van der Waals surface area contributed by atoms with Crippen molar-refractivity contribution in [3.05, 3.63) is 35.4 Å². The summed E-state index contributed by atoms with van der Waals surface area (Å²) >= 11 is 0. The van der Waals surface area contributed by atoms with Gasteiger partial charge >= 0.3 is 0 Å². The summed E-state index contributed by atoms with van der Waals surface area (Å²) in [5.41, 5.74) is 7.80. The first-order chi connectivity index (χ1) is 8.61. The summed E-state index contributed by atoms with van der Waals surface area (Å²) in [6.45, 7) is 4.37. The first-order valence-electron chi connectivity index (χ1n) is 5.98. The maximum atomic E-state index is 5.94. The van der Waals surface area contributed by atoms with Gasteiger partial charge in [0.2, 0.25) is 0 Å². The first-order valence-corrected chi connectivity index (χ1v) is 5.98. The number of aromatic nitrogens is 3. The van der Waals surface area contributed by atoms with E-state index in [-0.39, 0.29) is 0 Å². The number of ether oxygens (including phenoxy) is 1. The molecule has 2 aromatic rings. The summed E-state index contributed by atoms with van der Waals surface area (Å²) < 4.78 is 7.57. The molecule has 0 unspecified atom stereocenters. The number of nitrogen functional groups attached to an aromatic ring is 1. The van der Waals surface area contributed by atoms with Gasteiger partial charge in [-0.3, -0.25) is 0 Å². The lowest BCUT2D eigenvalue weighted by molar-refractivity contribution is 0.292. The minimum Gasteiger partial charge on any atom is -0.483 e. The average molecular weight is 246 g/mol. The Hall–Kier alpha value is -2.04. The van der Waals surface area contributed by atoms with Crippen LogP contribution in [0.1, 0.15) is 24.1 Å². The third kappa shape index (κ3) is 2.45. The predicted molar refractivity (Wildman–Crippen MR) is 70.3 cm³/mol. The van der Waals surface area contributed by atoms with Gasteiger partial charge in [0.15, 0.2) is 5.82 Å². The smallest absolute Gasteiger partial charge is 0.170 e. The molecule has 0 atom stereocenters. The summed E-state index contributed by atoms with van der Waals surface area (Å²) in [6.07, 6.45) is 0.965. The van der Waals surface area contributed by atoms with Crippen LogP contribution in [-0.2, 0) is 20.1 Å². The zero-order valence-corrected chi connectivity index (χ0v) is 11.0. The van der Waals surface area contributed by atoms with Crippen LogP contribution in [0.2, 0.25) is 0 Å². The Balaban J connectivity index is 2.08. The number of hydrogen-bond acceptors (Lipinski definition) is 4. The molecule has 2 rings (SSSR count). The van der Waals surface area contributed by atoms with Crippen molar-refractivity contribution in [1.82, 2.24) is 14.8 Å². The van der Waals surface area contributed by atoms with Gasteiger partial charge in [-0.25, -0.2) is 0 Å². The zero-order chi connectivity index (χ0) is 13.1. The van der Waals surface area contributed by atoms with E-state index in [1.807, 2.05) is 36.7 Å². The lowest BCUT2D eigenvalue weighted by atomic mass is 10.1. The summed E-state index contributed by atoms with van der Waals surface area (Å²) in [5.74, 6) is 2.34. The van der Waals surface area contributed by atoms with Crippen molar-refractivity contribution < 1.29 is 4.74 Å². The Morgan fingerprint density at radius 2 is 2.11 bits per heavy atom. The second-order valence-corrected chi connectivity index (χ2v) is 4.24. The molecule has 2 N–H and O–H groups in total. The topological polar surface area (TPSA) is 66.0 Å². The van der Waals surface area contributed by atoms with E-state index in [9.17, 15) is 0 Å². The number of benzene rings is 1. The molecule has 0 spiro atoms. The molecule has 0 amide bonds. The minimum atomic E-state index is 0.368. The molecule has 1 heterocycles. The number of nitrogens with zero attached hydrogens (tertiary/aromatic N) is 3. The van der Waals surface area contributed by atoms with E-state index in [1.54, 1.807) is 0 Å². The maximum absolute atomic E-state index is 5.94. The Morgan fingerprint density at radius 1 is 1.33 bits per heavy atom. The Kier molecular flexibility index (Phi) is 3.50. The van der Waals surface area contributed by atoms with E-state index in [0.29, 0.717) is 18.0 Å². The van der Waals surface area contributed by atoms with Gasteiger partial charge < -0.3 is 15.0 Å². The Labute approximate surface area is 107 Å². The number of rotatable bonds is 4. The molecule has 0 saturated heterocycles. The number of anilines is 1. The summed E-state index contributed by atoms with van der Waals surface area (Å²) in [5, 5.41) is 8.02. The highest BCUT2D eigenvalue weighted by atomic mass is 16.5. The highest BCUT2D eigenvalue weighted by Gasteiger charge is 2.07. The normalized spacial score (nSPS) is 10.6. The second-order valence-electron chi connectivity index (χ2n) is 4.24. The third-order valence-corrected chi connectivity index (χ3v) is 3.02. The van der Waals surface area contributed by atoms with Crippen molar-refractivity contribution in [3.63, 3.8) is 0 Å². The Morgan fingerprint density at radius 3 is 2.67 bits per heavy atom. The molecule has 0 aliphatic heterocycles. The van der Waals surface area contributed by atoms with Crippen LogP contribution in [0.4, 0.5) is 5.69 Å².